The smallest absolute Gasteiger partial charge is 0.252 e. The fourth-order valence-electron chi connectivity index (χ4n) is 2.50. The van der Waals surface area contributed by atoms with Crippen LogP contribution < -0.4 is 22.1 Å². The molecule has 0 unspecified atom stereocenters. The van der Waals surface area contributed by atoms with Gasteiger partial charge in [0.15, 0.2) is 11.6 Å². The Morgan fingerprint density at radius 2 is 1.96 bits per heavy atom. The maximum Gasteiger partial charge on any atom is 0.252 e. The molecule has 3 rings (SSSR count). The summed E-state index contributed by atoms with van der Waals surface area (Å²) in [5.41, 5.74) is 12.6. The lowest BCUT2D eigenvalue weighted by molar-refractivity contribution is 0.100. The number of anilines is 3. The molecule has 2 heterocycles. The summed E-state index contributed by atoms with van der Waals surface area (Å²) >= 11 is 0. The lowest BCUT2D eigenvalue weighted by Crippen LogP contribution is -2.35. The molecule has 0 aliphatic rings. The summed E-state index contributed by atoms with van der Waals surface area (Å²) in [6.07, 6.45) is 1.69. The van der Waals surface area contributed by atoms with E-state index in [4.69, 9.17) is 11.5 Å². The molecule has 6 N–H and O–H groups in total. The first-order valence-corrected chi connectivity index (χ1v) is 8.49. The highest BCUT2D eigenvalue weighted by Gasteiger charge is 2.18. The molecule has 27 heavy (non-hydrogen) atoms. The fourth-order valence-corrected chi connectivity index (χ4v) is 2.50. The Labute approximate surface area is 156 Å². The molecular formula is C19H21FN6O. The lowest BCUT2D eigenvalue weighted by atomic mass is 10.1. The van der Waals surface area contributed by atoms with Crippen LogP contribution in [0.3, 0.4) is 0 Å². The number of primary amides is 1. The largest absolute Gasteiger partial charge is 0.365 e. The number of benzene rings is 1. The Morgan fingerprint density at radius 3 is 2.67 bits per heavy atom. The normalized spacial score (nSPS) is 13.2. The molecule has 1 aromatic carbocycles. The monoisotopic (exact) mass is 368 g/mol. The van der Waals surface area contributed by atoms with E-state index in [1.165, 1.54) is 0 Å². The van der Waals surface area contributed by atoms with Crippen LogP contribution in [-0.4, -0.2) is 28.0 Å². The number of rotatable bonds is 6. The number of carbonyl (C=O) groups is 1. The predicted octanol–water partition coefficient (Wildman–Crippen LogP) is 2.76. The summed E-state index contributed by atoms with van der Waals surface area (Å²) < 4.78 is 14.3. The van der Waals surface area contributed by atoms with Crippen LogP contribution >= 0.6 is 0 Å². The number of hydrogen-bond donors (Lipinski definition) is 4. The van der Waals surface area contributed by atoms with Crippen LogP contribution in [0.15, 0.2) is 42.6 Å². The van der Waals surface area contributed by atoms with Crippen LogP contribution in [0, 0.1) is 5.82 Å². The van der Waals surface area contributed by atoms with E-state index >= 15 is 0 Å². The van der Waals surface area contributed by atoms with Crippen molar-refractivity contribution in [2.75, 3.05) is 10.6 Å². The van der Waals surface area contributed by atoms with Crippen LogP contribution in [-0.2, 0) is 0 Å². The molecule has 0 bridgehead atoms. The number of fused-ring (bicyclic) bond motifs is 1. The maximum absolute atomic E-state index is 14.3. The Balaban J connectivity index is 1.99. The van der Waals surface area contributed by atoms with Crippen LogP contribution in [0.5, 0.6) is 0 Å². The van der Waals surface area contributed by atoms with Gasteiger partial charge in [-0.1, -0.05) is 12.1 Å². The number of nitrogens with zero attached hydrogens (tertiary/aromatic N) is 2. The molecule has 2 aromatic heterocycles. The summed E-state index contributed by atoms with van der Waals surface area (Å²) in [4.78, 5) is 20.3. The molecule has 0 fully saturated rings. The van der Waals surface area contributed by atoms with Gasteiger partial charge >= 0.3 is 0 Å². The Morgan fingerprint density at radius 1 is 1.19 bits per heavy atom. The summed E-state index contributed by atoms with van der Waals surface area (Å²) in [6, 6.07) is 9.92. The van der Waals surface area contributed by atoms with Gasteiger partial charge in [-0.25, -0.2) is 9.37 Å². The number of nitrogens with one attached hydrogen (secondary N) is 2. The van der Waals surface area contributed by atoms with Crippen molar-refractivity contribution in [3.63, 3.8) is 0 Å². The maximum atomic E-state index is 14.3. The van der Waals surface area contributed by atoms with Gasteiger partial charge in [0, 0.05) is 29.4 Å². The standard InChI is InChI=1S/C19H21FN6O/c1-10(21)11(2)24-19-15(20)9-14(17(22)27)18(26-19)25-13-6-5-12-4-3-7-23-16(12)8-13/h3-11H,21H2,1-2H3,(H2,22,27)(H2,24,25,26)/t10-,11+/m1/s1. The van der Waals surface area contributed by atoms with Crippen molar-refractivity contribution in [3.05, 3.63) is 54.0 Å². The minimum absolute atomic E-state index is 0.00814. The van der Waals surface area contributed by atoms with Gasteiger partial charge in [0.25, 0.3) is 5.91 Å². The van der Waals surface area contributed by atoms with E-state index in [-0.39, 0.29) is 29.3 Å². The summed E-state index contributed by atoms with van der Waals surface area (Å²) in [6.45, 7) is 3.62. The van der Waals surface area contributed by atoms with Crippen LogP contribution in [0.25, 0.3) is 10.9 Å². The van der Waals surface area contributed by atoms with Crippen molar-refractivity contribution in [2.24, 2.45) is 11.5 Å². The molecule has 0 saturated carbocycles. The highest BCUT2D eigenvalue weighted by molar-refractivity contribution is 5.99. The first kappa shape index (κ1) is 18.5. The van der Waals surface area contributed by atoms with E-state index in [1.54, 1.807) is 13.1 Å². The molecule has 3 aromatic rings. The van der Waals surface area contributed by atoms with Gasteiger partial charge in [-0.05, 0) is 38.1 Å². The molecule has 0 spiro atoms. The highest BCUT2D eigenvalue weighted by atomic mass is 19.1. The topological polar surface area (TPSA) is 119 Å². The third-order valence-electron chi connectivity index (χ3n) is 4.26. The van der Waals surface area contributed by atoms with Crippen molar-refractivity contribution < 1.29 is 9.18 Å². The van der Waals surface area contributed by atoms with Crippen molar-refractivity contribution >= 4 is 34.1 Å². The van der Waals surface area contributed by atoms with Gasteiger partial charge < -0.3 is 22.1 Å². The van der Waals surface area contributed by atoms with Crippen molar-refractivity contribution in [2.45, 2.75) is 25.9 Å². The number of halogens is 1. The van der Waals surface area contributed by atoms with Gasteiger partial charge in [-0.2, -0.15) is 0 Å². The second-order valence-electron chi connectivity index (χ2n) is 6.41. The number of nitrogens with two attached hydrogens (primary N) is 2. The first-order chi connectivity index (χ1) is 12.8. The van der Waals surface area contributed by atoms with E-state index in [2.05, 4.69) is 20.6 Å². The van der Waals surface area contributed by atoms with E-state index in [0.717, 1.165) is 17.0 Å². The number of hydrogen-bond acceptors (Lipinski definition) is 6. The molecule has 0 aliphatic carbocycles. The zero-order chi connectivity index (χ0) is 19.6. The SMILES string of the molecule is C[C@H](Nc1nc(Nc2ccc3cccnc3c2)c(C(N)=O)cc1F)[C@@H](C)N. The first-order valence-electron chi connectivity index (χ1n) is 8.49. The number of aromatic nitrogens is 2. The van der Waals surface area contributed by atoms with Gasteiger partial charge in [0.1, 0.15) is 5.82 Å². The molecule has 7 nitrogen and oxygen atoms in total. The van der Waals surface area contributed by atoms with E-state index < -0.39 is 11.7 Å². The van der Waals surface area contributed by atoms with Crippen molar-refractivity contribution in [3.8, 4) is 0 Å². The molecule has 140 valence electrons. The van der Waals surface area contributed by atoms with Gasteiger partial charge in [-0.15, -0.1) is 0 Å². The quantitative estimate of drug-likeness (QED) is 0.531. The highest BCUT2D eigenvalue weighted by Crippen LogP contribution is 2.26. The summed E-state index contributed by atoms with van der Waals surface area (Å²) in [5, 5.41) is 6.91. The molecular weight excluding hydrogens is 347 g/mol. The summed E-state index contributed by atoms with van der Waals surface area (Å²) in [7, 11) is 0. The van der Waals surface area contributed by atoms with Crippen molar-refractivity contribution in [1.29, 1.82) is 0 Å². The Kier molecular flexibility index (Phi) is 5.18. The van der Waals surface area contributed by atoms with E-state index in [9.17, 15) is 9.18 Å². The molecule has 0 radical (unpaired) electrons. The number of carbonyl (C=O) groups excluding carboxylic acids is 1. The Hall–Kier alpha value is -3.26. The third-order valence-corrected chi connectivity index (χ3v) is 4.26. The minimum Gasteiger partial charge on any atom is -0.365 e. The fraction of sp³-hybridized carbons (Fsp3) is 0.211. The molecule has 0 aliphatic heterocycles. The molecule has 8 heteroatoms. The lowest BCUT2D eigenvalue weighted by Gasteiger charge is -2.20. The van der Waals surface area contributed by atoms with Crippen molar-refractivity contribution in [1.82, 2.24) is 9.97 Å². The van der Waals surface area contributed by atoms with Crippen LogP contribution in [0.1, 0.15) is 24.2 Å². The van der Waals surface area contributed by atoms with Gasteiger partial charge in [-0.3, -0.25) is 9.78 Å². The van der Waals surface area contributed by atoms with Gasteiger partial charge in [0.05, 0.1) is 11.1 Å². The Bertz CT molecular complexity index is 991. The zero-order valence-electron chi connectivity index (χ0n) is 15.0. The molecule has 0 saturated heterocycles. The summed E-state index contributed by atoms with van der Waals surface area (Å²) in [5.74, 6) is -1.32. The second-order valence-corrected chi connectivity index (χ2v) is 6.41. The van der Waals surface area contributed by atoms with Crippen LogP contribution in [0.2, 0.25) is 0 Å². The van der Waals surface area contributed by atoms with Gasteiger partial charge in [0.2, 0.25) is 0 Å². The van der Waals surface area contributed by atoms with Crippen LogP contribution in [0.4, 0.5) is 21.7 Å². The van der Waals surface area contributed by atoms with E-state index in [0.29, 0.717) is 5.69 Å². The second kappa shape index (κ2) is 7.55. The minimum atomic E-state index is -0.783. The number of pyridine rings is 2. The third kappa shape index (κ3) is 4.12. The number of amides is 1. The predicted molar refractivity (Wildman–Crippen MR) is 104 cm³/mol. The molecule has 2 atom stereocenters. The van der Waals surface area contributed by atoms with E-state index in [1.807, 2.05) is 37.3 Å². The average Bonchev–Trinajstić information content (AvgIpc) is 2.63. The average molecular weight is 368 g/mol. The zero-order valence-corrected chi connectivity index (χ0v) is 15.0. The molecule has 1 amide bonds.